The lowest BCUT2D eigenvalue weighted by Crippen LogP contribution is -2.38. The molecule has 12 heteroatoms. The van der Waals surface area contributed by atoms with Crippen molar-refractivity contribution < 1.29 is 31.1 Å². The molecule has 0 saturated carbocycles. The molecule has 0 aromatic heterocycles. The van der Waals surface area contributed by atoms with Crippen molar-refractivity contribution in [2.75, 3.05) is 30.4 Å². The Hall–Kier alpha value is -3.61. The molecule has 0 unspecified atom stereocenters. The number of methoxy groups -OCH3 is 2. The quantitative estimate of drug-likeness (QED) is 0.377. The van der Waals surface area contributed by atoms with Gasteiger partial charge in [-0.2, -0.15) is 0 Å². The smallest absolute Gasteiger partial charge is 0.264 e. The second-order valence-electron chi connectivity index (χ2n) is 8.18. The number of hydrogen-bond donors (Lipinski definition) is 2. The predicted octanol–water partition coefficient (Wildman–Crippen LogP) is 3.22. The summed E-state index contributed by atoms with van der Waals surface area (Å²) < 4.78 is 66.5. The number of sulfonamides is 2. The van der Waals surface area contributed by atoms with Crippen molar-refractivity contribution in [3.8, 4) is 11.5 Å². The Labute approximate surface area is 217 Å². The van der Waals surface area contributed by atoms with E-state index in [-0.39, 0.29) is 38.7 Å². The lowest BCUT2D eigenvalue weighted by molar-refractivity contribution is -0.114. The van der Waals surface area contributed by atoms with Gasteiger partial charge in [-0.3, -0.25) is 9.10 Å². The van der Waals surface area contributed by atoms with Gasteiger partial charge in [0.1, 0.15) is 18.0 Å². The number of nitrogens with one attached hydrogen (secondary N) is 2. The molecular weight excluding hydrogens is 518 g/mol. The van der Waals surface area contributed by atoms with Crippen molar-refractivity contribution in [3.63, 3.8) is 0 Å². The van der Waals surface area contributed by atoms with Crippen LogP contribution in [0.2, 0.25) is 0 Å². The molecule has 37 heavy (non-hydrogen) atoms. The molecule has 3 aromatic carbocycles. The van der Waals surface area contributed by atoms with E-state index in [0.29, 0.717) is 0 Å². The van der Waals surface area contributed by atoms with Gasteiger partial charge in [-0.05, 0) is 56.3 Å². The summed E-state index contributed by atoms with van der Waals surface area (Å²) in [5, 5.41) is 2.59. The van der Waals surface area contributed by atoms with Gasteiger partial charge in [0.2, 0.25) is 15.9 Å². The number of carbonyl (C=O) groups excluding carboxylic acids is 1. The van der Waals surface area contributed by atoms with Crippen LogP contribution in [0.25, 0.3) is 0 Å². The molecule has 0 radical (unpaired) electrons. The maximum absolute atomic E-state index is 13.6. The molecule has 3 rings (SSSR count). The first-order chi connectivity index (χ1) is 17.5. The highest BCUT2D eigenvalue weighted by Crippen LogP contribution is 2.33. The molecule has 2 N–H and O–H groups in total. The van der Waals surface area contributed by atoms with Crippen LogP contribution >= 0.6 is 0 Å². The highest BCUT2D eigenvalue weighted by atomic mass is 32.2. The zero-order valence-corrected chi connectivity index (χ0v) is 22.5. The molecule has 1 amide bonds. The van der Waals surface area contributed by atoms with Crippen molar-refractivity contribution in [1.29, 1.82) is 0 Å². The van der Waals surface area contributed by atoms with Gasteiger partial charge in [0.15, 0.2) is 0 Å². The molecule has 3 aromatic rings. The first-order valence-electron chi connectivity index (χ1n) is 11.2. The Morgan fingerprint density at radius 3 is 2.08 bits per heavy atom. The molecule has 0 aliphatic rings. The number of hydrogen-bond acceptors (Lipinski definition) is 7. The average molecular weight is 548 g/mol. The molecule has 0 saturated heterocycles. The topological polar surface area (TPSA) is 131 Å². The molecule has 0 aliphatic carbocycles. The third-order valence-corrected chi connectivity index (χ3v) is 8.55. The first kappa shape index (κ1) is 28.0. The van der Waals surface area contributed by atoms with Crippen LogP contribution in [-0.4, -0.2) is 49.5 Å². The Morgan fingerprint density at radius 1 is 0.838 bits per heavy atom. The van der Waals surface area contributed by atoms with E-state index < -0.39 is 32.5 Å². The lowest BCUT2D eigenvalue weighted by Gasteiger charge is -2.25. The SMILES string of the molecule is COc1ccc(S(=O)(=O)NC(C)C)cc1NC(=O)CN(c1ccccc1OC)S(=O)(=O)c1ccccc1. The highest BCUT2D eigenvalue weighted by Gasteiger charge is 2.29. The largest absolute Gasteiger partial charge is 0.495 e. The molecule has 0 bridgehead atoms. The number of ether oxygens (including phenoxy) is 2. The van der Waals surface area contributed by atoms with Gasteiger partial charge >= 0.3 is 0 Å². The summed E-state index contributed by atoms with van der Waals surface area (Å²) >= 11 is 0. The summed E-state index contributed by atoms with van der Waals surface area (Å²) in [6.07, 6.45) is 0. The van der Waals surface area contributed by atoms with E-state index in [2.05, 4.69) is 10.0 Å². The third kappa shape index (κ3) is 6.59. The molecule has 0 aliphatic heterocycles. The molecule has 0 fully saturated rings. The van der Waals surface area contributed by atoms with Crippen LogP contribution in [-0.2, 0) is 24.8 Å². The minimum atomic E-state index is -4.18. The van der Waals surface area contributed by atoms with E-state index in [1.165, 1.54) is 50.6 Å². The summed E-state index contributed by atoms with van der Waals surface area (Å²) in [5.74, 6) is -0.276. The number of nitrogens with zero attached hydrogens (tertiary/aromatic N) is 1. The summed E-state index contributed by atoms with van der Waals surface area (Å²) in [6.45, 7) is 2.74. The first-order valence-corrected chi connectivity index (χ1v) is 14.1. The van der Waals surface area contributed by atoms with Gasteiger partial charge in [0, 0.05) is 6.04 Å². The van der Waals surface area contributed by atoms with E-state index in [1.54, 1.807) is 50.2 Å². The van der Waals surface area contributed by atoms with Crippen molar-refractivity contribution in [2.24, 2.45) is 0 Å². The van der Waals surface area contributed by atoms with Gasteiger partial charge in [0.05, 0.1) is 35.4 Å². The summed E-state index contributed by atoms with van der Waals surface area (Å²) in [4.78, 5) is 13.1. The number of rotatable bonds is 11. The number of para-hydroxylation sites is 2. The van der Waals surface area contributed by atoms with Crippen LogP contribution in [0.3, 0.4) is 0 Å². The monoisotopic (exact) mass is 547 g/mol. The summed E-state index contributed by atoms with van der Waals surface area (Å²) in [7, 11) is -5.27. The van der Waals surface area contributed by atoms with Crippen molar-refractivity contribution in [1.82, 2.24) is 4.72 Å². The van der Waals surface area contributed by atoms with E-state index in [4.69, 9.17) is 9.47 Å². The summed E-state index contributed by atoms with van der Waals surface area (Å²) in [5.41, 5.74) is 0.227. The van der Waals surface area contributed by atoms with Gasteiger partial charge < -0.3 is 14.8 Å². The molecule has 10 nitrogen and oxygen atoms in total. The fraction of sp³-hybridized carbons (Fsp3) is 0.240. The van der Waals surface area contributed by atoms with Crippen molar-refractivity contribution in [3.05, 3.63) is 72.8 Å². The number of amides is 1. The Balaban J connectivity index is 2.00. The Kier molecular flexibility index (Phi) is 8.79. The lowest BCUT2D eigenvalue weighted by atomic mass is 10.2. The average Bonchev–Trinajstić information content (AvgIpc) is 2.87. The standard InChI is InChI=1S/C25H29N3O7S2/c1-18(2)27-36(30,31)20-14-15-23(34-3)21(16-20)26-25(29)17-28(22-12-8-9-13-24(22)35-4)37(32,33)19-10-6-5-7-11-19/h5-16,18,27H,17H2,1-4H3,(H,26,29). The number of anilines is 2. The van der Waals surface area contributed by atoms with E-state index in [9.17, 15) is 21.6 Å². The van der Waals surface area contributed by atoms with Crippen LogP contribution in [0.1, 0.15) is 13.8 Å². The fourth-order valence-corrected chi connectivity index (χ4v) is 6.24. The van der Waals surface area contributed by atoms with Crippen molar-refractivity contribution >= 4 is 37.3 Å². The third-order valence-electron chi connectivity index (χ3n) is 5.12. The maximum Gasteiger partial charge on any atom is 0.264 e. The minimum absolute atomic E-state index is 0.0147. The van der Waals surface area contributed by atoms with E-state index >= 15 is 0 Å². The number of carbonyl (C=O) groups is 1. The fourth-order valence-electron chi connectivity index (χ4n) is 3.51. The van der Waals surface area contributed by atoms with Crippen LogP contribution in [0, 0.1) is 0 Å². The summed E-state index contributed by atoms with van der Waals surface area (Å²) in [6, 6.07) is 17.8. The van der Waals surface area contributed by atoms with Gasteiger partial charge in [0.25, 0.3) is 10.0 Å². The molecule has 198 valence electrons. The van der Waals surface area contributed by atoms with Crippen LogP contribution in [0.4, 0.5) is 11.4 Å². The van der Waals surface area contributed by atoms with Crippen LogP contribution < -0.4 is 23.8 Å². The molecule has 0 atom stereocenters. The van der Waals surface area contributed by atoms with Gasteiger partial charge in [-0.1, -0.05) is 30.3 Å². The maximum atomic E-state index is 13.6. The van der Waals surface area contributed by atoms with Gasteiger partial charge in [-0.15, -0.1) is 0 Å². The Morgan fingerprint density at radius 2 is 1.46 bits per heavy atom. The second kappa shape index (κ2) is 11.6. The second-order valence-corrected chi connectivity index (χ2v) is 11.8. The molecule has 0 spiro atoms. The van der Waals surface area contributed by atoms with Crippen molar-refractivity contribution in [2.45, 2.75) is 29.7 Å². The predicted molar refractivity (Wildman–Crippen MR) is 141 cm³/mol. The molecular formula is C25H29N3O7S2. The van der Waals surface area contributed by atoms with Crippen LogP contribution in [0.15, 0.2) is 82.6 Å². The van der Waals surface area contributed by atoms with Gasteiger partial charge in [-0.25, -0.2) is 21.6 Å². The molecule has 0 heterocycles. The number of benzene rings is 3. The zero-order valence-electron chi connectivity index (χ0n) is 20.8. The highest BCUT2D eigenvalue weighted by molar-refractivity contribution is 7.93. The minimum Gasteiger partial charge on any atom is -0.495 e. The van der Waals surface area contributed by atoms with E-state index in [0.717, 1.165) is 4.31 Å². The Bertz CT molecular complexity index is 1460. The zero-order chi connectivity index (χ0) is 27.2. The van der Waals surface area contributed by atoms with E-state index in [1.807, 2.05) is 0 Å². The van der Waals surface area contributed by atoms with Crippen LogP contribution in [0.5, 0.6) is 11.5 Å². The normalized spacial score (nSPS) is 11.7.